The molecule has 54 heavy (non-hydrogen) atoms. The van der Waals surface area contributed by atoms with Gasteiger partial charge < -0.3 is 13.7 Å². The molecule has 0 atom stereocenters. The van der Waals surface area contributed by atoms with Gasteiger partial charge in [-0.2, -0.15) is 0 Å². The third-order valence-electron chi connectivity index (χ3n) is 11.2. The smallest absolute Gasteiger partial charge is 0.172 e. The van der Waals surface area contributed by atoms with Gasteiger partial charge in [0.15, 0.2) is 7.14 Å². The zero-order chi connectivity index (χ0) is 35.8. The second-order valence-electron chi connectivity index (χ2n) is 14.0. The Morgan fingerprint density at radius 1 is 0.315 bits per heavy atom. The fraction of sp³-hybridized carbons (Fsp3) is 0. The number of fused-ring (bicyclic) bond motifs is 8. The molecule has 11 aromatic rings. The average Bonchev–Trinajstić information content (AvgIpc) is 3.76. The molecule has 0 amide bonds. The van der Waals surface area contributed by atoms with E-state index in [1.165, 1.54) is 21.5 Å². The third kappa shape index (κ3) is 4.46. The molecule has 0 unspecified atom stereocenters. The highest BCUT2D eigenvalue weighted by Crippen LogP contribution is 2.47. The summed E-state index contributed by atoms with van der Waals surface area (Å²) in [5, 5.41) is 11.5. The fourth-order valence-electron chi connectivity index (χ4n) is 8.76. The number of para-hydroxylation sites is 4. The summed E-state index contributed by atoms with van der Waals surface area (Å²) in [7, 11) is -3.47. The molecule has 0 aliphatic rings. The molecular weight excluding hydrogens is 676 g/mol. The predicted octanol–water partition coefficient (Wildman–Crippen LogP) is 11.8. The van der Waals surface area contributed by atoms with Crippen LogP contribution in [0.15, 0.2) is 200 Å². The summed E-state index contributed by atoms with van der Waals surface area (Å²) >= 11 is 0. The minimum absolute atomic E-state index is 0.804. The number of benzene rings is 9. The second kappa shape index (κ2) is 11.9. The van der Waals surface area contributed by atoms with E-state index < -0.39 is 7.14 Å². The predicted molar refractivity (Wildman–Crippen MR) is 230 cm³/mol. The van der Waals surface area contributed by atoms with Crippen molar-refractivity contribution < 1.29 is 4.57 Å². The Hall–Kier alpha value is -6.67. The van der Waals surface area contributed by atoms with Crippen LogP contribution in [0.1, 0.15) is 0 Å². The zero-order valence-electron chi connectivity index (χ0n) is 29.3. The maximum atomic E-state index is 16.7. The van der Waals surface area contributed by atoms with Crippen molar-refractivity contribution in [1.29, 1.82) is 0 Å². The van der Waals surface area contributed by atoms with Gasteiger partial charge in [-0.15, -0.1) is 0 Å². The molecule has 0 bridgehead atoms. The summed E-state index contributed by atoms with van der Waals surface area (Å²) in [6.45, 7) is 0. The second-order valence-corrected chi connectivity index (χ2v) is 16.7. The molecule has 0 fully saturated rings. The summed E-state index contributed by atoms with van der Waals surface area (Å²) in [4.78, 5) is 0. The Balaban J connectivity index is 1.15. The summed E-state index contributed by atoms with van der Waals surface area (Å²) < 4.78 is 21.3. The highest BCUT2D eigenvalue weighted by Gasteiger charge is 2.34. The van der Waals surface area contributed by atoms with Gasteiger partial charge in [-0.05, 0) is 100 Å². The molecule has 0 radical (unpaired) electrons. The lowest BCUT2D eigenvalue weighted by atomic mass is 10.0. The van der Waals surface area contributed by atoms with Crippen LogP contribution in [0.25, 0.3) is 76.5 Å². The Morgan fingerprint density at radius 3 is 0.963 bits per heavy atom. The molecule has 0 aliphatic carbocycles. The lowest BCUT2D eigenvalue weighted by Crippen LogP contribution is -2.26. The Morgan fingerprint density at radius 2 is 0.611 bits per heavy atom. The molecule has 0 saturated carbocycles. The summed E-state index contributed by atoms with van der Waals surface area (Å²) in [6.07, 6.45) is 0. The topological polar surface area (TPSA) is 26.9 Å². The minimum atomic E-state index is -3.47. The van der Waals surface area contributed by atoms with Gasteiger partial charge in [0.1, 0.15) is 0 Å². The van der Waals surface area contributed by atoms with Crippen LogP contribution in [0.4, 0.5) is 0 Å². The van der Waals surface area contributed by atoms with Crippen molar-refractivity contribution in [2.24, 2.45) is 0 Å². The van der Waals surface area contributed by atoms with E-state index in [2.05, 4.69) is 209 Å². The molecule has 9 aromatic carbocycles. The van der Waals surface area contributed by atoms with E-state index >= 15 is 4.57 Å². The maximum Gasteiger partial charge on any atom is 0.172 e. The number of aromatic nitrogens is 2. The zero-order valence-corrected chi connectivity index (χ0v) is 30.2. The largest absolute Gasteiger partial charge is 0.309 e. The standard InChI is InChI=1S/C50H33N2OP/c53-54(50-40-15-3-1-13-34(40)33-35-14-2-4-16-41(35)50,38-29-25-36(26-30-38)51-46-21-9-5-17-42(46)43-18-6-10-22-47(43)51)39-31-27-37(28-32-39)52-48-23-11-7-19-44(48)45-20-8-12-24-49(45)52/h1-33H. The molecule has 0 saturated heterocycles. The van der Waals surface area contributed by atoms with Crippen LogP contribution in [-0.4, -0.2) is 9.13 Å². The van der Waals surface area contributed by atoms with Gasteiger partial charge in [-0.1, -0.05) is 121 Å². The van der Waals surface area contributed by atoms with E-state index in [0.717, 1.165) is 70.9 Å². The lowest BCUT2D eigenvalue weighted by molar-refractivity contribution is 0.593. The fourth-order valence-corrected chi connectivity index (χ4v) is 11.8. The normalized spacial score (nSPS) is 12.1. The SMILES string of the molecule is O=P(c1ccc(-n2c3ccccc3c3ccccc32)cc1)(c1ccc(-n2c3ccccc3c3ccccc32)cc1)c1c2ccccc2cc2ccccc12. The summed E-state index contributed by atoms with van der Waals surface area (Å²) in [6, 6.07) is 70.1. The van der Waals surface area contributed by atoms with E-state index in [1.807, 2.05) is 0 Å². The first-order valence-electron chi connectivity index (χ1n) is 18.4. The number of hydrogen-bond acceptors (Lipinski definition) is 1. The van der Waals surface area contributed by atoms with Gasteiger partial charge in [-0.25, -0.2) is 0 Å². The lowest BCUT2D eigenvalue weighted by Gasteiger charge is -2.24. The van der Waals surface area contributed by atoms with E-state index in [4.69, 9.17) is 0 Å². The van der Waals surface area contributed by atoms with Gasteiger partial charge in [0.2, 0.25) is 0 Å². The molecule has 0 N–H and O–H groups in total. The first-order valence-corrected chi connectivity index (χ1v) is 20.1. The van der Waals surface area contributed by atoms with E-state index in [9.17, 15) is 0 Å². The number of hydrogen-bond donors (Lipinski definition) is 0. The molecule has 0 aliphatic heterocycles. The highest BCUT2D eigenvalue weighted by atomic mass is 31.2. The van der Waals surface area contributed by atoms with Crippen LogP contribution in [0, 0.1) is 0 Å². The first-order chi connectivity index (χ1) is 26.7. The van der Waals surface area contributed by atoms with E-state index in [1.54, 1.807) is 0 Å². The Labute approximate surface area is 312 Å². The molecule has 2 aromatic heterocycles. The Bertz CT molecular complexity index is 2980. The van der Waals surface area contributed by atoms with Crippen molar-refractivity contribution in [3.05, 3.63) is 200 Å². The van der Waals surface area contributed by atoms with Crippen molar-refractivity contribution >= 4 is 88.2 Å². The van der Waals surface area contributed by atoms with Crippen LogP contribution in [0.3, 0.4) is 0 Å². The van der Waals surface area contributed by atoms with Crippen LogP contribution in [-0.2, 0) is 4.57 Å². The molecular formula is C50H33N2OP. The van der Waals surface area contributed by atoms with Crippen molar-refractivity contribution in [3.63, 3.8) is 0 Å². The summed E-state index contributed by atoms with van der Waals surface area (Å²) in [5.41, 5.74) is 6.66. The van der Waals surface area contributed by atoms with Crippen molar-refractivity contribution in [2.45, 2.75) is 0 Å². The van der Waals surface area contributed by atoms with E-state index in [0.29, 0.717) is 0 Å². The average molecular weight is 709 g/mol. The minimum Gasteiger partial charge on any atom is -0.309 e. The first kappa shape index (κ1) is 30.9. The molecule has 11 rings (SSSR count). The number of rotatable bonds is 5. The van der Waals surface area contributed by atoms with Crippen LogP contribution in [0.2, 0.25) is 0 Å². The number of nitrogens with zero attached hydrogens (tertiary/aromatic N) is 2. The molecule has 0 spiro atoms. The van der Waals surface area contributed by atoms with E-state index in [-0.39, 0.29) is 0 Å². The van der Waals surface area contributed by atoms with Gasteiger partial charge in [0.05, 0.1) is 22.1 Å². The van der Waals surface area contributed by atoms with Crippen molar-refractivity contribution in [2.75, 3.05) is 0 Å². The van der Waals surface area contributed by atoms with Gasteiger partial charge in [0, 0.05) is 48.8 Å². The van der Waals surface area contributed by atoms with Gasteiger partial charge >= 0.3 is 0 Å². The maximum absolute atomic E-state index is 16.7. The Kier molecular flexibility index (Phi) is 6.83. The quantitative estimate of drug-likeness (QED) is 0.129. The van der Waals surface area contributed by atoms with Crippen molar-refractivity contribution in [1.82, 2.24) is 9.13 Å². The molecule has 4 heteroatoms. The monoisotopic (exact) mass is 708 g/mol. The molecule has 3 nitrogen and oxygen atoms in total. The molecule has 254 valence electrons. The molecule has 2 heterocycles. The van der Waals surface area contributed by atoms with Crippen LogP contribution in [0.5, 0.6) is 0 Å². The van der Waals surface area contributed by atoms with Crippen LogP contribution >= 0.6 is 7.14 Å². The van der Waals surface area contributed by atoms with Crippen LogP contribution < -0.4 is 15.9 Å². The van der Waals surface area contributed by atoms with Gasteiger partial charge in [-0.3, -0.25) is 0 Å². The highest BCUT2D eigenvalue weighted by molar-refractivity contribution is 7.86. The summed E-state index contributed by atoms with van der Waals surface area (Å²) in [5.74, 6) is 0. The van der Waals surface area contributed by atoms with Gasteiger partial charge in [0.25, 0.3) is 0 Å². The van der Waals surface area contributed by atoms with Crippen molar-refractivity contribution in [3.8, 4) is 11.4 Å². The third-order valence-corrected chi connectivity index (χ3v) is 14.3.